The predicted molar refractivity (Wildman–Crippen MR) is 155 cm³/mol. The molecule has 0 spiro atoms. The lowest BCUT2D eigenvalue weighted by molar-refractivity contribution is -0.122. The molecule has 3 N–H and O–H groups in total. The van der Waals surface area contributed by atoms with Gasteiger partial charge < -0.3 is 10.6 Å². The summed E-state index contributed by atoms with van der Waals surface area (Å²) in [6.45, 7) is 4.54. The predicted octanol–water partition coefficient (Wildman–Crippen LogP) is 7.50. The highest BCUT2D eigenvalue weighted by molar-refractivity contribution is 7.99. The molecule has 0 radical (unpaired) electrons. The van der Waals surface area contributed by atoms with Crippen LogP contribution in [-0.2, 0) is 9.59 Å². The molecule has 6 heteroatoms. The Bertz CT molecular complexity index is 766. The molecular formula is C30H49N3O2S. The van der Waals surface area contributed by atoms with Crippen molar-refractivity contribution in [3.63, 3.8) is 0 Å². The highest BCUT2D eigenvalue weighted by Gasteiger charge is 2.30. The van der Waals surface area contributed by atoms with E-state index >= 15 is 0 Å². The van der Waals surface area contributed by atoms with Crippen molar-refractivity contribution in [2.45, 2.75) is 115 Å². The minimum absolute atomic E-state index is 0.0747. The summed E-state index contributed by atoms with van der Waals surface area (Å²) >= 11 is 1.75. The molecule has 1 aromatic carbocycles. The van der Waals surface area contributed by atoms with Gasteiger partial charge in [-0.3, -0.25) is 14.9 Å². The average Bonchev–Trinajstić information content (AvgIpc) is 3.36. The van der Waals surface area contributed by atoms with Crippen molar-refractivity contribution < 1.29 is 9.59 Å². The number of unbranched alkanes of at least 4 members (excludes halogenated alkanes) is 12. The van der Waals surface area contributed by atoms with Gasteiger partial charge >= 0.3 is 0 Å². The third-order valence-electron chi connectivity index (χ3n) is 6.62. The third-order valence-corrected chi connectivity index (χ3v) is 7.89. The Hall–Kier alpha value is -1.79. The molecule has 1 fully saturated rings. The van der Waals surface area contributed by atoms with E-state index < -0.39 is 0 Å². The quantitative estimate of drug-likeness (QED) is 0.132. The Morgan fingerprint density at radius 3 is 2.08 bits per heavy atom. The first kappa shape index (κ1) is 30.4. The van der Waals surface area contributed by atoms with Crippen molar-refractivity contribution in [1.29, 1.82) is 0 Å². The van der Waals surface area contributed by atoms with Gasteiger partial charge in [0.25, 0.3) is 0 Å². The molecule has 1 saturated heterocycles. The second-order valence-corrected chi connectivity index (χ2v) is 11.1. The van der Waals surface area contributed by atoms with Crippen molar-refractivity contribution in [2.75, 3.05) is 17.6 Å². The molecule has 1 unspecified atom stereocenters. The van der Waals surface area contributed by atoms with Crippen LogP contribution >= 0.6 is 11.8 Å². The van der Waals surface area contributed by atoms with E-state index in [-0.39, 0.29) is 23.2 Å². The van der Waals surface area contributed by atoms with Crippen LogP contribution in [-0.4, -0.2) is 30.2 Å². The lowest BCUT2D eigenvalue weighted by atomic mass is 10.1. The monoisotopic (exact) mass is 515 g/mol. The SMILES string of the molecule is CCCCCCCCCC=CCCCCCCCNC(=O)[C@@H]1CSC(c2ccc(NC(C)=O)cc2)N1. The van der Waals surface area contributed by atoms with E-state index in [4.69, 9.17) is 0 Å². The topological polar surface area (TPSA) is 70.2 Å². The molecule has 1 heterocycles. The summed E-state index contributed by atoms with van der Waals surface area (Å²) < 4.78 is 0. The Morgan fingerprint density at radius 2 is 1.47 bits per heavy atom. The third kappa shape index (κ3) is 13.5. The van der Waals surface area contributed by atoms with Crippen molar-refractivity contribution in [3.8, 4) is 0 Å². The van der Waals surface area contributed by atoms with Gasteiger partial charge in [-0.1, -0.05) is 89.0 Å². The second kappa shape index (κ2) is 19.3. The molecule has 0 aliphatic carbocycles. The smallest absolute Gasteiger partial charge is 0.238 e. The number of hydrogen-bond donors (Lipinski definition) is 3. The first-order chi connectivity index (χ1) is 17.6. The molecule has 5 nitrogen and oxygen atoms in total. The molecule has 1 aliphatic heterocycles. The van der Waals surface area contributed by atoms with Gasteiger partial charge in [0.15, 0.2) is 0 Å². The average molecular weight is 516 g/mol. The summed E-state index contributed by atoms with van der Waals surface area (Å²) in [7, 11) is 0. The van der Waals surface area contributed by atoms with Crippen molar-refractivity contribution >= 4 is 29.3 Å². The summed E-state index contributed by atoms with van der Waals surface area (Å²) in [5, 5.41) is 9.42. The molecule has 0 aromatic heterocycles. The zero-order chi connectivity index (χ0) is 25.8. The highest BCUT2D eigenvalue weighted by atomic mass is 32.2. The van der Waals surface area contributed by atoms with Gasteiger partial charge in [-0.05, 0) is 49.8 Å². The Morgan fingerprint density at radius 1 is 0.889 bits per heavy atom. The van der Waals surface area contributed by atoms with Crippen LogP contribution in [0.25, 0.3) is 0 Å². The van der Waals surface area contributed by atoms with Gasteiger partial charge in [-0.2, -0.15) is 0 Å². The maximum Gasteiger partial charge on any atom is 0.238 e. The van der Waals surface area contributed by atoms with Gasteiger partial charge in [-0.25, -0.2) is 0 Å². The fourth-order valence-electron chi connectivity index (χ4n) is 4.47. The van der Waals surface area contributed by atoms with Crippen LogP contribution in [0.3, 0.4) is 0 Å². The maximum atomic E-state index is 12.5. The molecule has 2 rings (SSSR count). The number of carbonyl (C=O) groups excluding carboxylic acids is 2. The van der Waals surface area contributed by atoms with E-state index in [0.29, 0.717) is 0 Å². The fourth-order valence-corrected chi connectivity index (χ4v) is 5.71. The first-order valence-electron chi connectivity index (χ1n) is 14.3. The van der Waals surface area contributed by atoms with E-state index in [0.717, 1.165) is 30.0 Å². The van der Waals surface area contributed by atoms with Gasteiger partial charge in [0, 0.05) is 24.9 Å². The first-order valence-corrected chi connectivity index (χ1v) is 15.3. The van der Waals surface area contributed by atoms with Gasteiger partial charge in [0.2, 0.25) is 11.8 Å². The minimum atomic E-state index is -0.150. The number of amides is 2. The van der Waals surface area contributed by atoms with Crippen LogP contribution in [0.1, 0.15) is 115 Å². The van der Waals surface area contributed by atoms with E-state index in [1.807, 2.05) is 24.3 Å². The van der Waals surface area contributed by atoms with Gasteiger partial charge in [0.1, 0.15) is 0 Å². The van der Waals surface area contributed by atoms with Crippen molar-refractivity contribution in [2.24, 2.45) is 0 Å². The molecule has 2 amide bonds. The van der Waals surface area contributed by atoms with Crippen LogP contribution in [0.4, 0.5) is 5.69 Å². The minimum Gasteiger partial charge on any atom is -0.355 e. The molecule has 0 bridgehead atoms. The second-order valence-electron chi connectivity index (χ2n) is 9.96. The van der Waals surface area contributed by atoms with Crippen LogP contribution in [0, 0.1) is 0 Å². The number of benzene rings is 1. The lowest BCUT2D eigenvalue weighted by Crippen LogP contribution is -2.42. The summed E-state index contributed by atoms with van der Waals surface area (Å²) in [5.74, 6) is 0.802. The largest absolute Gasteiger partial charge is 0.355 e. The standard InChI is InChI=1S/C30H49N3O2S/c1-3-4-5-6-7-8-9-10-11-12-13-14-15-16-17-18-23-31-29(35)28-24-36-30(33-28)26-19-21-27(22-20-26)32-25(2)34/h11-12,19-22,28,30,33H,3-10,13-18,23-24H2,1-2H3,(H,31,35)(H,32,34)/t28-,30?/m0/s1. The molecule has 202 valence electrons. The lowest BCUT2D eigenvalue weighted by Gasteiger charge is -2.14. The number of rotatable bonds is 19. The van der Waals surface area contributed by atoms with E-state index in [9.17, 15) is 9.59 Å². The van der Waals surface area contributed by atoms with Crippen molar-refractivity contribution in [1.82, 2.24) is 10.6 Å². The molecule has 1 aromatic rings. The van der Waals surface area contributed by atoms with Crippen LogP contribution < -0.4 is 16.0 Å². The number of thioether (sulfide) groups is 1. The summed E-state index contributed by atoms with van der Waals surface area (Å²) in [6, 6.07) is 7.66. The van der Waals surface area contributed by atoms with E-state index in [1.165, 1.54) is 90.4 Å². The van der Waals surface area contributed by atoms with Crippen LogP contribution in [0.2, 0.25) is 0 Å². The highest BCUT2D eigenvalue weighted by Crippen LogP contribution is 2.33. The maximum absolute atomic E-state index is 12.5. The number of anilines is 1. The summed E-state index contributed by atoms with van der Waals surface area (Å²) in [4.78, 5) is 23.7. The number of hydrogen-bond acceptors (Lipinski definition) is 4. The summed E-state index contributed by atoms with van der Waals surface area (Å²) in [5.41, 5.74) is 1.91. The number of carbonyl (C=O) groups is 2. The molecule has 1 aliphatic rings. The van der Waals surface area contributed by atoms with Crippen LogP contribution in [0.15, 0.2) is 36.4 Å². The Balaban J connectivity index is 1.42. The van der Waals surface area contributed by atoms with E-state index in [1.54, 1.807) is 11.8 Å². The molecule has 2 atom stereocenters. The number of nitrogens with one attached hydrogen (secondary N) is 3. The fraction of sp³-hybridized carbons (Fsp3) is 0.667. The Labute approximate surface area is 224 Å². The number of allylic oxidation sites excluding steroid dienone is 2. The normalized spacial score (nSPS) is 17.5. The van der Waals surface area contributed by atoms with Gasteiger partial charge in [0.05, 0.1) is 11.4 Å². The van der Waals surface area contributed by atoms with Gasteiger partial charge in [-0.15, -0.1) is 11.8 Å². The zero-order valence-corrected chi connectivity index (χ0v) is 23.5. The molecule has 36 heavy (non-hydrogen) atoms. The van der Waals surface area contributed by atoms with Crippen LogP contribution in [0.5, 0.6) is 0 Å². The zero-order valence-electron chi connectivity index (χ0n) is 22.7. The van der Waals surface area contributed by atoms with E-state index in [2.05, 4.69) is 35.0 Å². The summed E-state index contributed by atoms with van der Waals surface area (Å²) in [6.07, 6.45) is 22.9. The van der Waals surface area contributed by atoms with Crippen molar-refractivity contribution in [3.05, 3.63) is 42.0 Å². The molecular weight excluding hydrogens is 466 g/mol. The Kier molecular flexibility index (Phi) is 16.3. The molecule has 0 saturated carbocycles.